The highest BCUT2D eigenvalue weighted by Gasteiger charge is 2.22. The Morgan fingerprint density at radius 2 is 2.12 bits per heavy atom. The summed E-state index contributed by atoms with van der Waals surface area (Å²) in [6.07, 6.45) is 4.45. The highest BCUT2D eigenvalue weighted by molar-refractivity contribution is 5.73. The van der Waals surface area contributed by atoms with Crippen molar-refractivity contribution in [3.05, 3.63) is 0 Å². The lowest BCUT2D eigenvalue weighted by Crippen LogP contribution is -2.48. The first-order chi connectivity index (χ1) is 8.17. The summed E-state index contributed by atoms with van der Waals surface area (Å²) in [7, 11) is 1.75. The topological polar surface area (TPSA) is 41.6 Å². The van der Waals surface area contributed by atoms with Crippen LogP contribution in [0.15, 0.2) is 0 Å². The van der Waals surface area contributed by atoms with E-state index in [1.54, 1.807) is 14.0 Å². The van der Waals surface area contributed by atoms with Crippen molar-refractivity contribution in [1.82, 2.24) is 10.2 Å². The Kier molecular flexibility index (Phi) is 6.52. The molecular formula is C13H26N2O2. The van der Waals surface area contributed by atoms with Crippen molar-refractivity contribution in [2.24, 2.45) is 0 Å². The lowest BCUT2D eigenvalue weighted by molar-refractivity contribution is -0.129. The van der Waals surface area contributed by atoms with Crippen molar-refractivity contribution < 1.29 is 9.53 Å². The number of carbonyl (C=O) groups excluding carboxylic acids is 1. The molecule has 0 aromatic rings. The van der Waals surface area contributed by atoms with Crippen LogP contribution in [-0.2, 0) is 9.53 Å². The second-order valence-electron chi connectivity index (χ2n) is 4.89. The Balaban J connectivity index is 2.30. The van der Waals surface area contributed by atoms with E-state index in [4.69, 9.17) is 4.74 Å². The SMILES string of the molecule is CCCC(COC)NC1CCN(C(C)=O)CC1. The van der Waals surface area contributed by atoms with Gasteiger partial charge in [-0.15, -0.1) is 0 Å². The van der Waals surface area contributed by atoms with Crippen molar-refractivity contribution in [3.63, 3.8) is 0 Å². The molecule has 100 valence electrons. The van der Waals surface area contributed by atoms with Crippen molar-refractivity contribution in [2.45, 2.75) is 51.6 Å². The predicted octanol–water partition coefficient (Wildman–Crippen LogP) is 1.40. The number of hydrogen-bond donors (Lipinski definition) is 1. The molecule has 17 heavy (non-hydrogen) atoms. The summed E-state index contributed by atoms with van der Waals surface area (Å²) in [5.41, 5.74) is 0. The molecule has 0 aliphatic carbocycles. The maximum absolute atomic E-state index is 11.2. The average molecular weight is 242 g/mol. The number of methoxy groups -OCH3 is 1. The van der Waals surface area contributed by atoms with E-state index in [0.29, 0.717) is 12.1 Å². The quantitative estimate of drug-likeness (QED) is 0.765. The standard InChI is InChI=1S/C13H26N2O2/c1-4-5-13(10-17-3)14-12-6-8-15(9-7-12)11(2)16/h12-14H,4-10H2,1-3H3. The van der Waals surface area contributed by atoms with Crippen LogP contribution < -0.4 is 5.32 Å². The van der Waals surface area contributed by atoms with Gasteiger partial charge in [0.25, 0.3) is 0 Å². The fourth-order valence-corrected chi connectivity index (χ4v) is 2.46. The smallest absolute Gasteiger partial charge is 0.219 e. The number of amides is 1. The predicted molar refractivity (Wildman–Crippen MR) is 69.0 cm³/mol. The molecular weight excluding hydrogens is 216 g/mol. The Labute approximate surface area is 105 Å². The summed E-state index contributed by atoms with van der Waals surface area (Å²) in [5, 5.41) is 3.65. The Hall–Kier alpha value is -0.610. The Bertz CT molecular complexity index is 219. The van der Waals surface area contributed by atoms with Crippen LogP contribution in [0.1, 0.15) is 39.5 Å². The fraction of sp³-hybridized carbons (Fsp3) is 0.923. The number of rotatable bonds is 6. The number of likely N-dealkylation sites (tertiary alicyclic amines) is 1. The van der Waals surface area contributed by atoms with Gasteiger partial charge in [-0.05, 0) is 19.3 Å². The van der Waals surface area contributed by atoms with E-state index in [2.05, 4.69) is 12.2 Å². The third kappa shape index (κ3) is 5.04. The van der Waals surface area contributed by atoms with Gasteiger partial charge in [-0.1, -0.05) is 13.3 Å². The van der Waals surface area contributed by atoms with Crippen LogP contribution in [0.25, 0.3) is 0 Å². The molecule has 1 N–H and O–H groups in total. The second-order valence-corrected chi connectivity index (χ2v) is 4.89. The highest BCUT2D eigenvalue weighted by Crippen LogP contribution is 2.12. The fourth-order valence-electron chi connectivity index (χ4n) is 2.46. The van der Waals surface area contributed by atoms with Gasteiger partial charge in [0.2, 0.25) is 5.91 Å². The highest BCUT2D eigenvalue weighted by atomic mass is 16.5. The summed E-state index contributed by atoms with van der Waals surface area (Å²) in [5.74, 6) is 0.199. The summed E-state index contributed by atoms with van der Waals surface area (Å²) >= 11 is 0. The number of nitrogens with zero attached hydrogens (tertiary/aromatic N) is 1. The van der Waals surface area contributed by atoms with Gasteiger partial charge in [-0.2, -0.15) is 0 Å². The van der Waals surface area contributed by atoms with E-state index < -0.39 is 0 Å². The molecule has 1 atom stereocenters. The zero-order valence-electron chi connectivity index (χ0n) is 11.4. The lowest BCUT2D eigenvalue weighted by atomic mass is 10.0. The number of hydrogen-bond acceptors (Lipinski definition) is 3. The minimum Gasteiger partial charge on any atom is -0.383 e. The molecule has 0 bridgehead atoms. The molecule has 0 radical (unpaired) electrons. The molecule has 0 aromatic carbocycles. The maximum atomic E-state index is 11.2. The second kappa shape index (κ2) is 7.67. The molecule has 1 heterocycles. The Morgan fingerprint density at radius 3 is 2.59 bits per heavy atom. The van der Waals surface area contributed by atoms with Crippen LogP contribution in [-0.4, -0.2) is 49.7 Å². The van der Waals surface area contributed by atoms with E-state index in [0.717, 1.165) is 39.0 Å². The largest absolute Gasteiger partial charge is 0.383 e. The summed E-state index contributed by atoms with van der Waals surface area (Å²) in [6, 6.07) is 0.996. The van der Waals surface area contributed by atoms with E-state index in [9.17, 15) is 4.79 Å². The van der Waals surface area contributed by atoms with Crippen molar-refractivity contribution in [1.29, 1.82) is 0 Å². The van der Waals surface area contributed by atoms with Crippen LogP contribution in [0.5, 0.6) is 0 Å². The zero-order chi connectivity index (χ0) is 12.7. The number of ether oxygens (including phenoxy) is 1. The average Bonchev–Trinajstić information content (AvgIpc) is 2.30. The molecule has 1 rings (SSSR count). The van der Waals surface area contributed by atoms with Gasteiger partial charge in [0.05, 0.1) is 6.61 Å². The third-order valence-electron chi connectivity index (χ3n) is 3.42. The summed E-state index contributed by atoms with van der Waals surface area (Å²) in [6.45, 7) is 6.40. The minimum absolute atomic E-state index is 0.199. The molecule has 1 unspecified atom stereocenters. The number of piperidine rings is 1. The van der Waals surface area contributed by atoms with E-state index in [1.165, 1.54) is 6.42 Å². The van der Waals surface area contributed by atoms with Crippen LogP contribution in [0.4, 0.5) is 0 Å². The third-order valence-corrected chi connectivity index (χ3v) is 3.42. The first kappa shape index (κ1) is 14.5. The van der Waals surface area contributed by atoms with Crippen LogP contribution >= 0.6 is 0 Å². The van der Waals surface area contributed by atoms with Crippen molar-refractivity contribution >= 4 is 5.91 Å². The molecule has 4 nitrogen and oxygen atoms in total. The summed E-state index contributed by atoms with van der Waals surface area (Å²) in [4.78, 5) is 13.2. The normalized spacial score (nSPS) is 19.4. The van der Waals surface area contributed by atoms with Gasteiger partial charge in [0, 0.05) is 39.2 Å². The molecule has 1 fully saturated rings. The van der Waals surface area contributed by atoms with Gasteiger partial charge in [-0.3, -0.25) is 4.79 Å². The zero-order valence-corrected chi connectivity index (χ0v) is 11.4. The van der Waals surface area contributed by atoms with E-state index in [-0.39, 0.29) is 5.91 Å². The monoisotopic (exact) mass is 242 g/mol. The molecule has 1 saturated heterocycles. The lowest BCUT2D eigenvalue weighted by Gasteiger charge is -2.34. The minimum atomic E-state index is 0.199. The van der Waals surface area contributed by atoms with Crippen molar-refractivity contribution in [2.75, 3.05) is 26.8 Å². The van der Waals surface area contributed by atoms with Gasteiger partial charge in [0.1, 0.15) is 0 Å². The molecule has 1 aliphatic rings. The van der Waals surface area contributed by atoms with Gasteiger partial charge < -0.3 is 15.0 Å². The number of nitrogens with one attached hydrogen (secondary N) is 1. The van der Waals surface area contributed by atoms with Crippen molar-refractivity contribution in [3.8, 4) is 0 Å². The Morgan fingerprint density at radius 1 is 1.47 bits per heavy atom. The number of carbonyl (C=O) groups is 1. The van der Waals surface area contributed by atoms with E-state index in [1.807, 2.05) is 4.90 Å². The first-order valence-corrected chi connectivity index (χ1v) is 6.67. The first-order valence-electron chi connectivity index (χ1n) is 6.67. The summed E-state index contributed by atoms with van der Waals surface area (Å²) < 4.78 is 5.23. The van der Waals surface area contributed by atoms with Gasteiger partial charge >= 0.3 is 0 Å². The van der Waals surface area contributed by atoms with Crippen LogP contribution in [0.3, 0.4) is 0 Å². The van der Waals surface area contributed by atoms with Gasteiger partial charge in [-0.25, -0.2) is 0 Å². The van der Waals surface area contributed by atoms with E-state index >= 15 is 0 Å². The van der Waals surface area contributed by atoms with Gasteiger partial charge in [0.15, 0.2) is 0 Å². The maximum Gasteiger partial charge on any atom is 0.219 e. The van der Waals surface area contributed by atoms with Crippen LogP contribution in [0, 0.1) is 0 Å². The van der Waals surface area contributed by atoms with Crippen LogP contribution in [0.2, 0.25) is 0 Å². The molecule has 1 aliphatic heterocycles. The molecule has 0 aromatic heterocycles. The molecule has 4 heteroatoms. The molecule has 0 saturated carbocycles. The molecule has 1 amide bonds. The molecule has 0 spiro atoms.